The highest BCUT2D eigenvalue weighted by Crippen LogP contribution is 2.31. The molecule has 0 heterocycles. The Morgan fingerprint density at radius 1 is 1.00 bits per heavy atom. The number of carbonyl (C=O) groups excluding carboxylic acids is 1. The number of benzene rings is 2. The maximum absolute atomic E-state index is 12.5. The topological polar surface area (TPSA) is 94.1 Å². The number of halogens is 3. The lowest BCUT2D eigenvalue weighted by Gasteiger charge is -2.19. The average Bonchev–Trinajstić information content (AvgIpc) is 2.62. The Kier molecular flexibility index (Phi) is 7.37. The normalized spacial score (nSPS) is 11.5. The highest BCUT2D eigenvalue weighted by Gasteiger charge is 2.31. The van der Waals surface area contributed by atoms with Crippen LogP contribution < -0.4 is 14.8 Å². The number of carboxylic acid groups (broad SMARTS) is 1. The van der Waals surface area contributed by atoms with Gasteiger partial charge in [-0.3, -0.25) is 0 Å². The molecule has 0 bridgehead atoms. The lowest BCUT2D eigenvalue weighted by atomic mass is 10.0. The number of rotatable bonds is 7. The first-order chi connectivity index (χ1) is 14.3. The van der Waals surface area contributed by atoms with Gasteiger partial charge in [-0.25, -0.2) is 9.59 Å². The number of hydrogen-bond acceptors (Lipinski definition) is 5. The second-order valence-electron chi connectivity index (χ2n) is 7.40. The third-order valence-corrected chi connectivity index (χ3v) is 3.59. The Balaban J connectivity index is 2.14. The summed E-state index contributed by atoms with van der Waals surface area (Å²) in [5.74, 6) is -1.50. The number of ether oxygens (including phenoxy) is 3. The van der Waals surface area contributed by atoms with Crippen LogP contribution in [-0.2, 0) is 4.74 Å². The van der Waals surface area contributed by atoms with E-state index < -0.39 is 29.8 Å². The zero-order valence-electron chi connectivity index (χ0n) is 17.1. The average molecular weight is 441 g/mol. The van der Waals surface area contributed by atoms with Crippen LogP contribution >= 0.6 is 0 Å². The Hall–Kier alpha value is -3.43. The van der Waals surface area contributed by atoms with Gasteiger partial charge in [-0.1, -0.05) is 12.1 Å². The summed E-state index contributed by atoms with van der Waals surface area (Å²) < 4.78 is 51.9. The Labute approximate surface area is 176 Å². The summed E-state index contributed by atoms with van der Waals surface area (Å²) in [4.78, 5) is 23.1. The van der Waals surface area contributed by atoms with Gasteiger partial charge < -0.3 is 24.6 Å². The summed E-state index contributed by atoms with van der Waals surface area (Å²) in [5, 5.41) is 11.8. The van der Waals surface area contributed by atoms with Gasteiger partial charge in [0.15, 0.2) is 0 Å². The van der Waals surface area contributed by atoms with Gasteiger partial charge in [-0.05, 0) is 62.2 Å². The van der Waals surface area contributed by atoms with Crippen molar-refractivity contribution in [3.63, 3.8) is 0 Å². The van der Waals surface area contributed by atoms with E-state index in [4.69, 9.17) is 9.47 Å². The number of carboxylic acids is 1. The van der Waals surface area contributed by atoms with Gasteiger partial charge in [0.2, 0.25) is 0 Å². The third kappa shape index (κ3) is 8.45. The Morgan fingerprint density at radius 2 is 1.68 bits per heavy atom. The minimum absolute atomic E-state index is 0.0129. The van der Waals surface area contributed by atoms with Crippen molar-refractivity contribution in [1.29, 1.82) is 0 Å². The molecule has 0 fully saturated rings. The van der Waals surface area contributed by atoms with Crippen LogP contribution in [0.5, 0.6) is 11.5 Å². The largest absolute Gasteiger partial charge is 0.573 e. The molecule has 168 valence electrons. The molecule has 0 aliphatic rings. The molecule has 0 unspecified atom stereocenters. The fourth-order valence-corrected chi connectivity index (χ4v) is 2.48. The first-order valence-electron chi connectivity index (χ1n) is 9.17. The molecule has 2 N–H and O–H groups in total. The van der Waals surface area contributed by atoms with Gasteiger partial charge in [0, 0.05) is 0 Å². The van der Waals surface area contributed by atoms with Crippen molar-refractivity contribution in [1.82, 2.24) is 5.32 Å². The van der Waals surface area contributed by atoms with Crippen molar-refractivity contribution >= 4 is 12.1 Å². The predicted molar refractivity (Wildman–Crippen MR) is 105 cm³/mol. The minimum atomic E-state index is -4.85. The smallest absolute Gasteiger partial charge is 0.492 e. The standard InChI is InChI=1S/C21H22F3NO6/c1-20(2,3)31-19(28)25-7-8-29-17-11-14(9-15(12-17)18(26)27)13-5-4-6-16(10-13)30-21(22,23)24/h4-6,9-12H,7-8H2,1-3H3,(H,25,28)(H,26,27). The summed E-state index contributed by atoms with van der Waals surface area (Å²) in [6.07, 6.45) is -5.48. The van der Waals surface area contributed by atoms with Crippen molar-refractivity contribution in [2.45, 2.75) is 32.7 Å². The molecule has 1 amide bonds. The molecule has 0 saturated carbocycles. The van der Waals surface area contributed by atoms with Crippen molar-refractivity contribution in [2.24, 2.45) is 0 Å². The van der Waals surface area contributed by atoms with Crippen LogP contribution in [0.15, 0.2) is 42.5 Å². The Bertz CT molecular complexity index is 937. The summed E-state index contributed by atoms with van der Waals surface area (Å²) in [5.41, 5.74) is -0.140. The van der Waals surface area contributed by atoms with E-state index in [2.05, 4.69) is 10.1 Å². The fourth-order valence-electron chi connectivity index (χ4n) is 2.48. The molecule has 0 spiro atoms. The van der Waals surface area contributed by atoms with Gasteiger partial charge in [0.25, 0.3) is 0 Å². The second-order valence-corrected chi connectivity index (χ2v) is 7.40. The van der Waals surface area contributed by atoms with Crippen molar-refractivity contribution in [3.8, 4) is 22.6 Å². The SMILES string of the molecule is CC(C)(C)OC(=O)NCCOc1cc(C(=O)O)cc(-c2cccc(OC(F)(F)F)c2)c1. The highest BCUT2D eigenvalue weighted by atomic mass is 19.4. The maximum atomic E-state index is 12.5. The molecule has 10 heteroatoms. The molecule has 0 saturated heterocycles. The molecule has 2 aromatic carbocycles. The summed E-state index contributed by atoms with van der Waals surface area (Å²) in [6, 6.07) is 9.20. The molecule has 0 atom stereocenters. The van der Waals surface area contributed by atoms with Gasteiger partial charge >= 0.3 is 18.4 Å². The van der Waals surface area contributed by atoms with Crippen LogP contribution in [0.3, 0.4) is 0 Å². The van der Waals surface area contributed by atoms with Gasteiger partial charge in [0.05, 0.1) is 12.1 Å². The van der Waals surface area contributed by atoms with E-state index in [1.165, 1.54) is 30.3 Å². The van der Waals surface area contributed by atoms with Crippen molar-refractivity contribution in [2.75, 3.05) is 13.2 Å². The monoisotopic (exact) mass is 441 g/mol. The fraction of sp³-hybridized carbons (Fsp3) is 0.333. The molecular weight excluding hydrogens is 419 g/mol. The molecule has 0 radical (unpaired) electrons. The molecule has 31 heavy (non-hydrogen) atoms. The number of carbonyl (C=O) groups is 2. The number of alkyl carbamates (subject to hydrolysis) is 1. The second kappa shape index (κ2) is 9.59. The van der Waals surface area contributed by atoms with Crippen molar-refractivity contribution in [3.05, 3.63) is 48.0 Å². The van der Waals surface area contributed by atoms with Crippen LogP contribution in [-0.4, -0.2) is 42.3 Å². The molecule has 2 aromatic rings. The first kappa shape index (κ1) is 23.8. The first-order valence-corrected chi connectivity index (χ1v) is 9.17. The lowest BCUT2D eigenvalue weighted by Crippen LogP contribution is -2.34. The quantitative estimate of drug-likeness (QED) is 0.597. The van der Waals surface area contributed by atoms with Gasteiger partial charge in [0.1, 0.15) is 23.7 Å². The van der Waals surface area contributed by atoms with E-state index in [0.717, 1.165) is 12.1 Å². The molecular formula is C21H22F3NO6. The zero-order valence-corrected chi connectivity index (χ0v) is 17.1. The molecule has 0 aliphatic heterocycles. The van der Waals surface area contributed by atoms with E-state index >= 15 is 0 Å². The predicted octanol–water partition coefficient (Wildman–Crippen LogP) is 4.85. The van der Waals surface area contributed by atoms with E-state index in [1.54, 1.807) is 20.8 Å². The molecule has 0 aliphatic carbocycles. The Morgan fingerprint density at radius 3 is 2.29 bits per heavy atom. The van der Waals surface area contributed by atoms with Crippen LogP contribution in [0.1, 0.15) is 31.1 Å². The number of aromatic carboxylic acids is 1. The third-order valence-electron chi connectivity index (χ3n) is 3.59. The van der Waals surface area contributed by atoms with E-state index in [0.29, 0.717) is 11.1 Å². The summed E-state index contributed by atoms with van der Waals surface area (Å²) in [6.45, 7) is 5.26. The van der Waals surface area contributed by atoms with Crippen molar-refractivity contribution < 1.29 is 42.1 Å². The molecule has 7 nitrogen and oxygen atoms in total. The summed E-state index contributed by atoms with van der Waals surface area (Å²) >= 11 is 0. The van der Waals surface area contributed by atoms with Crippen LogP contribution in [0, 0.1) is 0 Å². The zero-order chi connectivity index (χ0) is 23.2. The number of alkyl halides is 3. The molecule has 2 rings (SSSR count). The van der Waals surface area contributed by atoms with E-state index in [-0.39, 0.29) is 24.5 Å². The van der Waals surface area contributed by atoms with E-state index in [1.807, 2.05) is 0 Å². The van der Waals surface area contributed by atoms with Crippen LogP contribution in [0.25, 0.3) is 11.1 Å². The summed E-state index contributed by atoms with van der Waals surface area (Å²) in [7, 11) is 0. The van der Waals surface area contributed by atoms with Crippen LogP contribution in [0.2, 0.25) is 0 Å². The number of amides is 1. The van der Waals surface area contributed by atoms with E-state index in [9.17, 15) is 27.9 Å². The van der Waals surface area contributed by atoms with Gasteiger partial charge in [-0.2, -0.15) is 0 Å². The number of nitrogens with one attached hydrogen (secondary N) is 1. The maximum Gasteiger partial charge on any atom is 0.573 e. The minimum Gasteiger partial charge on any atom is -0.492 e. The highest BCUT2D eigenvalue weighted by molar-refractivity contribution is 5.90. The van der Waals surface area contributed by atoms with Crippen LogP contribution in [0.4, 0.5) is 18.0 Å². The number of hydrogen-bond donors (Lipinski definition) is 2. The van der Waals surface area contributed by atoms with Gasteiger partial charge in [-0.15, -0.1) is 13.2 Å². The lowest BCUT2D eigenvalue weighted by molar-refractivity contribution is -0.274. The molecule has 0 aromatic heterocycles.